The molecule has 0 radical (unpaired) electrons. The lowest BCUT2D eigenvalue weighted by atomic mass is 10.2. The van der Waals surface area contributed by atoms with Crippen LogP contribution in [-0.4, -0.2) is 29.1 Å². The van der Waals surface area contributed by atoms with E-state index in [4.69, 9.17) is 10.4 Å². The molecule has 8 nitrogen and oxygen atoms in total. The van der Waals surface area contributed by atoms with Crippen molar-refractivity contribution in [3.05, 3.63) is 46.2 Å². The third-order valence-electron chi connectivity index (χ3n) is 2.41. The Labute approximate surface area is 120 Å². The first-order chi connectivity index (χ1) is 10.1. The molecule has 1 amide bonds. The molecule has 0 saturated carbocycles. The maximum absolute atomic E-state index is 11.8. The lowest BCUT2D eigenvalue weighted by molar-refractivity contribution is -0.384. The number of amides is 1. The number of nitrogens with zero attached hydrogens (tertiary/aromatic N) is 2. The number of nitro benzene ring substituents is 1. The van der Waals surface area contributed by atoms with Crippen LogP contribution in [0.1, 0.15) is 6.42 Å². The first kappa shape index (κ1) is 16.1. The van der Waals surface area contributed by atoms with E-state index in [-0.39, 0.29) is 23.6 Å². The highest BCUT2D eigenvalue weighted by Crippen LogP contribution is 2.17. The van der Waals surface area contributed by atoms with E-state index in [1.54, 1.807) is 6.07 Å². The van der Waals surface area contributed by atoms with Crippen LogP contribution in [0, 0.1) is 21.4 Å². The van der Waals surface area contributed by atoms with E-state index in [0.717, 1.165) is 0 Å². The van der Waals surface area contributed by atoms with Crippen molar-refractivity contribution in [3.63, 3.8) is 0 Å². The van der Waals surface area contributed by atoms with Crippen LogP contribution < -0.4 is 10.6 Å². The molecule has 0 heterocycles. The van der Waals surface area contributed by atoms with Gasteiger partial charge in [0, 0.05) is 37.2 Å². The number of nitrogens with one attached hydrogen (secondary N) is 2. The van der Waals surface area contributed by atoms with Crippen molar-refractivity contribution in [2.24, 2.45) is 0 Å². The van der Waals surface area contributed by atoms with Crippen molar-refractivity contribution in [3.8, 4) is 6.07 Å². The molecule has 8 heteroatoms. The first-order valence-electron chi connectivity index (χ1n) is 6.08. The molecule has 0 fully saturated rings. The minimum Gasteiger partial charge on any atom is -0.396 e. The van der Waals surface area contributed by atoms with Crippen molar-refractivity contribution < 1.29 is 14.8 Å². The summed E-state index contributed by atoms with van der Waals surface area (Å²) in [5.74, 6) is -0.672. The Balaban J connectivity index is 2.72. The molecular weight excluding hydrogens is 276 g/mol. The minimum atomic E-state index is -0.672. The Bertz CT molecular complexity index is 592. The Hall–Kier alpha value is -2.92. The molecule has 0 unspecified atom stereocenters. The predicted octanol–water partition coefficient (Wildman–Crippen LogP) is 0.913. The number of nitro groups is 1. The van der Waals surface area contributed by atoms with Crippen LogP contribution in [0.2, 0.25) is 0 Å². The minimum absolute atomic E-state index is 0.00259. The number of benzene rings is 1. The predicted molar refractivity (Wildman–Crippen MR) is 75.1 cm³/mol. The molecule has 0 aliphatic carbocycles. The number of carbonyl (C=O) groups is 1. The van der Waals surface area contributed by atoms with Crippen LogP contribution >= 0.6 is 0 Å². The van der Waals surface area contributed by atoms with E-state index in [1.165, 1.54) is 30.5 Å². The summed E-state index contributed by atoms with van der Waals surface area (Å²) in [7, 11) is 0. The van der Waals surface area contributed by atoms with Gasteiger partial charge in [0.25, 0.3) is 11.6 Å². The molecular formula is C13H14N4O4. The second kappa shape index (κ2) is 8.29. The fraction of sp³-hybridized carbons (Fsp3) is 0.231. The number of nitriles is 1. The fourth-order valence-corrected chi connectivity index (χ4v) is 1.40. The highest BCUT2D eigenvalue weighted by atomic mass is 16.6. The summed E-state index contributed by atoms with van der Waals surface area (Å²) in [6.07, 6.45) is 1.73. The van der Waals surface area contributed by atoms with Gasteiger partial charge in [0.05, 0.1) is 4.92 Å². The van der Waals surface area contributed by atoms with Gasteiger partial charge in [0.1, 0.15) is 11.6 Å². The largest absolute Gasteiger partial charge is 0.396 e. The molecule has 0 aliphatic heterocycles. The molecule has 3 N–H and O–H groups in total. The van der Waals surface area contributed by atoms with Gasteiger partial charge in [-0.15, -0.1) is 0 Å². The second-order valence-electron chi connectivity index (χ2n) is 3.96. The summed E-state index contributed by atoms with van der Waals surface area (Å²) in [5, 5.41) is 33.3. The second-order valence-corrected chi connectivity index (χ2v) is 3.96. The number of carbonyl (C=O) groups excluding carboxylic acids is 1. The average molecular weight is 290 g/mol. The summed E-state index contributed by atoms with van der Waals surface area (Å²) < 4.78 is 0. The molecule has 1 aromatic carbocycles. The molecule has 0 spiro atoms. The molecule has 0 saturated heterocycles. The smallest absolute Gasteiger partial charge is 0.271 e. The number of aliphatic hydroxyl groups is 1. The average Bonchev–Trinajstić information content (AvgIpc) is 2.47. The van der Waals surface area contributed by atoms with E-state index in [1.807, 2.05) is 0 Å². The zero-order valence-corrected chi connectivity index (χ0v) is 11.1. The third kappa shape index (κ3) is 5.30. The van der Waals surface area contributed by atoms with Gasteiger partial charge in [-0.1, -0.05) is 6.07 Å². The SMILES string of the molecule is N#C/C(=C/NCCCO)C(=O)Nc1cccc([N+](=O)[O-])c1. The number of non-ortho nitro benzene ring substituents is 1. The Morgan fingerprint density at radius 3 is 2.90 bits per heavy atom. The molecule has 0 aromatic heterocycles. The van der Waals surface area contributed by atoms with Crippen molar-refractivity contribution in [1.82, 2.24) is 5.32 Å². The molecule has 0 bridgehead atoms. The quantitative estimate of drug-likeness (QED) is 0.225. The van der Waals surface area contributed by atoms with E-state index >= 15 is 0 Å². The van der Waals surface area contributed by atoms with Gasteiger partial charge in [-0.3, -0.25) is 14.9 Å². The van der Waals surface area contributed by atoms with Crippen molar-refractivity contribution >= 4 is 17.3 Å². The zero-order chi connectivity index (χ0) is 15.7. The highest BCUT2D eigenvalue weighted by molar-refractivity contribution is 6.06. The number of hydrogen-bond acceptors (Lipinski definition) is 6. The highest BCUT2D eigenvalue weighted by Gasteiger charge is 2.11. The molecule has 0 atom stereocenters. The van der Waals surface area contributed by atoms with Gasteiger partial charge in [-0.2, -0.15) is 5.26 Å². The molecule has 21 heavy (non-hydrogen) atoms. The van der Waals surface area contributed by atoms with Gasteiger partial charge >= 0.3 is 0 Å². The number of hydrogen-bond donors (Lipinski definition) is 3. The lowest BCUT2D eigenvalue weighted by Crippen LogP contribution is -2.17. The maximum atomic E-state index is 11.8. The van der Waals surface area contributed by atoms with E-state index in [2.05, 4.69) is 10.6 Å². The normalized spacial score (nSPS) is 10.6. The number of rotatable bonds is 7. The standard InChI is InChI=1S/C13H14N4O4/c14-8-10(9-15-5-2-6-18)13(19)16-11-3-1-4-12(7-11)17(20)21/h1,3-4,7,9,15,18H,2,5-6H2,(H,16,19)/b10-9-. The maximum Gasteiger partial charge on any atom is 0.271 e. The van der Waals surface area contributed by atoms with Crippen molar-refractivity contribution in [2.75, 3.05) is 18.5 Å². The summed E-state index contributed by atoms with van der Waals surface area (Å²) in [4.78, 5) is 21.9. The number of anilines is 1. The van der Waals surface area contributed by atoms with Crippen LogP contribution in [0.15, 0.2) is 36.0 Å². The fourth-order valence-electron chi connectivity index (χ4n) is 1.40. The summed E-state index contributed by atoms with van der Waals surface area (Å²) >= 11 is 0. The van der Waals surface area contributed by atoms with Crippen LogP contribution in [0.4, 0.5) is 11.4 Å². The molecule has 0 aliphatic rings. The topological polar surface area (TPSA) is 128 Å². The van der Waals surface area contributed by atoms with Gasteiger partial charge in [0.15, 0.2) is 0 Å². The third-order valence-corrected chi connectivity index (χ3v) is 2.41. The Morgan fingerprint density at radius 1 is 1.52 bits per heavy atom. The summed E-state index contributed by atoms with van der Waals surface area (Å²) in [6.45, 7) is 0.425. The van der Waals surface area contributed by atoms with Gasteiger partial charge in [-0.05, 0) is 12.5 Å². The van der Waals surface area contributed by atoms with Crippen molar-refractivity contribution in [2.45, 2.75) is 6.42 Å². The van der Waals surface area contributed by atoms with Crippen LogP contribution in [0.25, 0.3) is 0 Å². The molecule has 1 rings (SSSR count). The monoisotopic (exact) mass is 290 g/mol. The van der Waals surface area contributed by atoms with Crippen LogP contribution in [-0.2, 0) is 4.79 Å². The first-order valence-corrected chi connectivity index (χ1v) is 6.08. The summed E-state index contributed by atoms with van der Waals surface area (Å²) in [6, 6.07) is 7.14. The van der Waals surface area contributed by atoms with E-state index in [9.17, 15) is 14.9 Å². The van der Waals surface area contributed by atoms with Gasteiger partial charge < -0.3 is 15.7 Å². The molecule has 110 valence electrons. The van der Waals surface area contributed by atoms with Gasteiger partial charge in [-0.25, -0.2) is 0 Å². The zero-order valence-electron chi connectivity index (χ0n) is 11.1. The van der Waals surface area contributed by atoms with E-state index < -0.39 is 10.8 Å². The van der Waals surface area contributed by atoms with E-state index in [0.29, 0.717) is 13.0 Å². The number of aliphatic hydroxyl groups excluding tert-OH is 1. The van der Waals surface area contributed by atoms with Crippen molar-refractivity contribution in [1.29, 1.82) is 5.26 Å². The van der Waals surface area contributed by atoms with Crippen LogP contribution in [0.5, 0.6) is 0 Å². The Morgan fingerprint density at radius 2 is 2.29 bits per heavy atom. The molecule has 1 aromatic rings. The summed E-state index contributed by atoms with van der Waals surface area (Å²) in [5.41, 5.74) is -0.0958. The van der Waals surface area contributed by atoms with Crippen LogP contribution in [0.3, 0.4) is 0 Å². The van der Waals surface area contributed by atoms with Gasteiger partial charge in [0.2, 0.25) is 0 Å². The lowest BCUT2D eigenvalue weighted by Gasteiger charge is -2.04. The Kier molecular flexibility index (Phi) is 6.37.